The van der Waals surface area contributed by atoms with Crippen LogP contribution in [-0.4, -0.2) is 27.0 Å². The average Bonchev–Trinajstić information content (AvgIpc) is 3.19. The zero-order valence-corrected chi connectivity index (χ0v) is 14.0. The van der Waals surface area contributed by atoms with Gasteiger partial charge in [-0.3, -0.25) is 4.79 Å². The standard InChI is InChI=1S/C14H19ClN2O4S/c1-3-21-9-4-5-10(15)11(8-9)22(19,20)17-13(18)12(16)14(2)6-7-14/h4-5,8,12H,3,6-7,16H2,1-2H3,(H,17,18). The minimum Gasteiger partial charge on any atom is -0.494 e. The molecule has 122 valence electrons. The highest BCUT2D eigenvalue weighted by Crippen LogP contribution is 2.47. The van der Waals surface area contributed by atoms with Crippen LogP contribution in [0.4, 0.5) is 0 Å². The number of carbonyl (C=O) groups excluding carboxylic acids is 1. The number of halogens is 1. The predicted octanol–water partition coefficient (Wildman–Crippen LogP) is 1.67. The average molecular weight is 347 g/mol. The Kier molecular flexibility index (Phi) is 4.70. The van der Waals surface area contributed by atoms with E-state index in [9.17, 15) is 13.2 Å². The molecule has 0 saturated heterocycles. The summed E-state index contributed by atoms with van der Waals surface area (Å²) in [4.78, 5) is 11.8. The molecule has 3 N–H and O–H groups in total. The van der Waals surface area contributed by atoms with E-state index in [1.54, 1.807) is 13.0 Å². The summed E-state index contributed by atoms with van der Waals surface area (Å²) in [6.07, 6.45) is 1.62. The van der Waals surface area contributed by atoms with Gasteiger partial charge in [0.05, 0.1) is 17.7 Å². The lowest BCUT2D eigenvalue weighted by atomic mass is 10.00. The fourth-order valence-electron chi connectivity index (χ4n) is 2.02. The van der Waals surface area contributed by atoms with Crippen LogP contribution >= 0.6 is 11.6 Å². The van der Waals surface area contributed by atoms with E-state index in [0.717, 1.165) is 12.8 Å². The van der Waals surface area contributed by atoms with Crippen molar-refractivity contribution >= 4 is 27.5 Å². The Morgan fingerprint density at radius 3 is 2.68 bits per heavy atom. The molecule has 2 rings (SSSR count). The molecule has 22 heavy (non-hydrogen) atoms. The molecular formula is C14H19ClN2O4S. The quantitative estimate of drug-likeness (QED) is 0.816. The van der Waals surface area contributed by atoms with Gasteiger partial charge in [0.2, 0.25) is 0 Å². The maximum atomic E-state index is 12.3. The van der Waals surface area contributed by atoms with Crippen molar-refractivity contribution in [2.24, 2.45) is 11.1 Å². The highest BCUT2D eigenvalue weighted by Gasteiger charge is 2.47. The summed E-state index contributed by atoms with van der Waals surface area (Å²) in [6, 6.07) is 3.39. The molecule has 8 heteroatoms. The summed E-state index contributed by atoms with van der Waals surface area (Å²) < 4.78 is 31.9. The molecule has 1 aliphatic rings. The molecule has 1 fully saturated rings. The van der Waals surface area contributed by atoms with Gasteiger partial charge < -0.3 is 10.5 Å². The van der Waals surface area contributed by atoms with E-state index in [4.69, 9.17) is 22.1 Å². The Hall–Kier alpha value is -1.31. The van der Waals surface area contributed by atoms with Crippen LogP contribution < -0.4 is 15.2 Å². The van der Waals surface area contributed by atoms with E-state index >= 15 is 0 Å². The summed E-state index contributed by atoms with van der Waals surface area (Å²) in [6.45, 7) is 4.02. The molecule has 0 spiro atoms. The highest BCUT2D eigenvalue weighted by molar-refractivity contribution is 7.90. The number of rotatable bonds is 6. The first-order chi connectivity index (χ1) is 10.2. The maximum Gasteiger partial charge on any atom is 0.265 e. The van der Waals surface area contributed by atoms with Gasteiger partial charge in [0.15, 0.2) is 0 Å². The second kappa shape index (κ2) is 6.06. The third-order valence-corrected chi connectivity index (χ3v) is 5.64. The normalized spacial score (nSPS) is 17.6. The molecule has 0 heterocycles. The summed E-state index contributed by atoms with van der Waals surface area (Å²) in [7, 11) is -4.10. The molecule has 1 unspecified atom stereocenters. The number of ether oxygens (including phenoxy) is 1. The van der Waals surface area contributed by atoms with Crippen LogP contribution in [0, 0.1) is 5.41 Å². The summed E-state index contributed by atoms with van der Waals surface area (Å²) in [5.41, 5.74) is 5.50. The number of hydrogen-bond acceptors (Lipinski definition) is 5. The zero-order valence-electron chi connectivity index (χ0n) is 12.4. The van der Waals surface area contributed by atoms with Crippen molar-refractivity contribution < 1.29 is 17.9 Å². The van der Waals surface area contributed by atoms with Crippen molar-refractivity contribution in [1.29, 1.82) is 0 Å². The van der Waals surface area contributed by atoms with Crippen molar-refractivity contribution in [3.8, 4) is 5.75 Å². The minimum atomic E-state index is -4.10. The summed E-state index contributed by atoms with van der Waals surface area (Å²) in [5.74, 6) is -0.365. The number of nitrogens with two attached hydrogens (primary N) is 1. The van der Waals surface area contributed by atoms with Crippen molar-refractivity contribution in [1.82, 2.24) is 4.72 Å². The number of benzene rings is 1. The molecule has 1 aliphatic carbocycles. The van der Waals surface area contributed by atoms with Crippen LogP contribution in [0.15, 0.2) is 23.1 Å². The summed E-state index contributed by atoms with van der Waals surface area (Å²) >= 11 is 5.93. The Labute approximate surface area is 135 Å². The van der Waals surface area contributed by atoms with E-state index in [1.165, 1.54) is 12.1 Å². The predicted molar refractivity (Wildman–Crippen MR) is 83.3 cm³/mol. The van der Waals surface area contributed by atoms with E-state index in [1.807, 2.05) is 11.6 Å². The van der Waals surface area contributed by atoms with Gasteiger partial charge >= 0.3 is 0 Å². The lowest BCUT2D eigenvalue weighted by Crippen LogP contribution is -2.47. The molecule has 0 aliphatic heterocycles. The Morgan fingerprint density at radius 1 is 1.50 bits per heavy atom. The zero-order chi connectivity index (χ0) is 16.5. The molecule has 1 aromatic carbocycles. The molecule has 0 bridgehead atoms. The first kappa shape index (κ1) is 17.1. The lowest BCUT2D eigenvalue weighted by molar-refractivity contribution is -0.121. The van der Waals surface area contributed by atoms with Crippen molar-refractivity contribution in [3.05, 3.63) is 23.2 Å². The van der Waals surface area contributed by atoms with E-state index < -0.39 is 22.0 Å². The van der Waals surface area contributed by atoms with Crippen molar-refractivity contribution in [2.75, 3.05) is 6.61 Å². The van der Waals surface area contributed by atoms with Gasteiger partial charge in [-0.2, -0.15) is 0 Å². The Morgan fingerprint density at radius 2 is 2.14 bits per heavy atom. The fourth-order valence-corrected chi connectivity index (χ4v) is 3.54. The second-order valence-electron chi connectivity index (χ2n) is 5.63. The second-order valence-corrected chi connectivity index (χ2v) is 7.68. The Bertz CT molecular complexity index is 686. The van der Waals surface area contributed by atoms with Gasteiger partial charge in [0.25, 0.3) is 15.9 Å². The monoisotopic (exact) mass is 346 g/mol. The first-order valence-corrected chi connectivity index (χ1v) is 8.80. The number of nitrogens with one attached hydrogen (secondary N) is 1. The number of hydrogen-bond donors (Lipinski definition) is 2. The van der Waals surface area contributed by atoms with E-state index in [0.29, 0.717) is 12.4 Å². The van der Waals surface area contributed by atoms with Gasteiger partial charge in [-0.05, 0) is 37.3 Å². The smallest absolute Gasteiger partial charge is 0.265 e. The number of amides is 1. The molecule has 1 saturated carbocycles. The lowest BCUT2D eigenvalue weighted by Gasteiger charge is -2.18. The number of carbonyl (C=O) groups is 1. The Balaban J connectivity index is 2.23. The molecule has 0 aromatic heterocycles. The summed E-state index contributed by atoms with van der Waals surface area (Å²) in [5, 5.41) is 0.00922. The van der Waals surface area contributed by atoms with Crippen LogP contribution in [0.1, 0.15) is 26.7 Å². The van der Waals surface area contributed by atoms with Crippen LogP contribution in [0.2, 0.25) is 5.02 Å². The van der Waals surface area contributed by atoms with Crippen LogP contribution in [0.3, 0.4) is 0 Å². The van der Waals surface area contributed by atoms with Gasteiger partial charge in [0.1, 0.15) is 10.6 Å². The SMILES string of the molecule is CCOc1ccc(Cl)c(S(=O)(=O)NC(=O)C(N)C2(C)CC2)c1. The topological polar surface area (TPSA) is 98.5 Å². The fraction of sp³-hybridized carbons (Fsp3) is 0.500. The van der Waals surface area contributed by atoms with E-state index in [-0.39, 0.29) is 15.3 Å². The third kappa shape index (κ3) is 3.53. The molecule has 0 radical (unpaired) electrons. The van der Waals surface area contributed by atoms with Crippen LogP contribution in [0.5, 0.6) is 5.75 Å². The van der Waals surface area contributed by atoms with E-state index in [2.05, 4.69) is 0 Å². The van der Waals surface area contributed by atoms with Gasteiger partial charge in [-0.1, -0.05) is 18.5 Å². The van der Waals surface area contributed by atoms with Gasteiger partial charge in [0, 0.05) is 6.07 Å². The van der Waals surface area contributed by atoms with Crippen molar-refractivity contribution in [2.45, 2.75) is 37.6 Å². The molecule has 1 aromatic rings. The molecule has 6 nitrogen and oxygen atoms in total. The number of sulfonamides is 1. The van der Waals surface area contributed by atoms with Gasteiger partial charge in [-0.15, -0.1) is 0 Å². The largest absolute Gasteiger partial charge is 0.494 e. The van der Waals surface area contributed by atoms with Crippen LogP contribution in [0.25, 0.3) is 0 Å². The molecule has 1 atom stereocenters. The molecule has 1 amide bonds. The first-order valence-electron chi connectivity index (χ1n) is 6.94. The van der Waals surface area contributed by atoms with Crippen LogP contribution in [-0.2, 0) is 14.8 Å². The minimum absolute atomic E-state index is 0.00922. The highest BCUT2D eigenvalue weighted by atomic mass is 35.5. The van der Waals surface area contributed by atoms with Gasteiger partial charge in [-0.25, -0.2) is 13.1 Å². The van der Waals surface area contributed by atoms with Crippen molar-refractivity contribution in [3.63, 3.8) is 0 Å². The molecular weight excluding hydrogens is 328 g/mol. The maximum absolute atomic E-state index is 12.3. The third-order valence-electron chi connectivity index (χ3n) is 3.81.